The number of aromatic nitrogens is 2. The Morgan fingerprint density at radius 1 is 1.39 bits per heavy atom. The van der Waals surface area contributed by atoms with Gasteiger partial charge < -0.3 is 10.1 Å². The van der Waals surface area contributed by atoms with Crippen LogP contribution in [0.4, 0.5) is 5.82 Å². The number of ether oxygens (including phenoxy) is 1. The molecule has 1 N–H and O–H groups in total. The summed E-state index contributed by atoms with van der Waals surface area (Å²) in [5, 5.41) is 3.78. The van der Waals surface area contributed by atoms with Crippen molar-refractivity contribution in [3.8, 4) is 0 Å². The average molecular weight is 272 g/mol. The molecule has 1 unspecified atom stereocenters. The predicted molar refractivity (Wildman–Crippen MR) is 74.9 cm³/mol. The molecule has 0 saturated heterocycles. The first kappa shape index (κ1) is 15.2. The van der Waals surface area contributed by atoms with Crippen molar-refractivity contribution >= 4 is 17.4 Å². The molecule has 102 valence electrons. The van der Waals surface area contributed by atoms with Crippen molar-refractivity contribution < 1.29 is 4.74 Å². The van der Waals surface area contributed by atoms with Gasteiger partial charge in [-0.15, -0.1) is 0 Å². The predicted octanol–water partition coefficient (Wildman–Crippen LogP) is 3.51. The van der Waals surface area contributed by atoms with E-state index in [0.717, 1.165) is 5.82 Å². The van der Waals surface area contributed by atoms with Crippen LogP contribution in [0, 0.1) is 5.41 Å². The molecule has 0 aliphatic rings. The third-order valence-electron chi connectivity index (χ3n) is 2.84. The molecule has 1 aromatic heterocycles. The van der Waals surface area contributed by atoms with E-state index < -0.39 is 0 Å². The van der Waals surface area contributed by atoms with Crippen LogP contribution in [0.3, 0.4) is 0 Å². The third-order valence-corrected chi connectivity index (χ3v) is 3.03. The van der Waals surface area contributed by atoms with Gasteiger partial charge in [0.1, 0.15) is 17.6 Å². The van der Waals surface area contributed by atoms with Crippen LogP contribution in [-0.4, -0.2) is 22.6 Å². The second kappa shape index (κ2) is 6.34. The lowest BCUT2D eigenvalue weighted by atomic mass is 9.88. The molecule has 0 fully saturated rings. The Labute approximate surface area is 114 Å². The molecule has 0 saturated carbocycles. The Bertz CT molecular complexity index is 390. The molecule has 1 heterocycles. The normalized spacial score (nSPS) is 13.4. The zero-order chi connectivity index (χ0) is 13.8. The SMILES string of the molecule is CCOCc1nc(Cl)cc(NC(C)C(C)(C)C)n1. The van der Waals surface area contributed by atoms with E-state index in [2.05, 4.69) is 43.0 Å². The first-order chi connectivity index (χ1) is 8.32. The first-order valence-electron chi connectivity index (χ1n) is 6.20. The van der Waals surface area contributed by atoms with Crippen LogP contribution in [0.1, 0.15) is 40.4 Å². The molecule has 1 aromatic rings. The van der Waals surface area contributed by atoms with Crippen LogP contribution in [-0.2, 0) is 11.3 Å². The molecule has 1 rings (SSSR count). The second-order valence-corrected chi connectivity index (χ2v) is 5.75. The Morgan fingerprint density at radius 3 is 2.61 bits per heavy atom. The molecule has 0 aromatic carbocycles. The van der Waals surface area contributed by atoms with Gasteiger partial charge in [0.15, 0.2) is 5.82 Å². The smallest absolute Gasteiger partial charge is 0.158 e. The van der Waals surface area contributed by atoms with Crippen molar-refractivity contribution in [3.63, 3.8) is 0 Å². The summed E-state index contributed by atoms with van der Waals surface area (Å²) in [6.07, 6.45) is 0. The van der Waals surface area contributed by atoms with Gasteiger partial charge in [-0.05, 0) is 19.3 Å². The quantitative estimate of drug-likeness (QED) is 0.833. The van der Waals surface area contributed by atoms with Gasteiger partial charge in [0, 0.05) is 18.7 Å². The number of hydrogen-bond acceptors (Lipinski definition) is 4. The van der Waals surface area contributed by atoms with Crippen molar-refractivity contribution in [3.05, 3.63) is 17.0 Å². The lowest BCUT2D eigenvalue weighted by Gasteiger charge is -2.28. The molecule has 0 radical (unpaired) electrons. The highest BCUT2D eigenvalue weighted by Gasteiger charge is 2.20. The number of nitrogens with zero attached hydrogens (tertiary/aromatic N) is 2. The number of nitrogens with one attached hydrogen (secondary N) is 1. The highest BCUT2D eigenvalue weighted by atomic mass is 35.5. The minimum atomic E-state index is 0.150. The highest BCUT2D eigenvalue weighted by molar-refractivity contribution is 6.29. The van der Waals surface area contributed by atoms with Crippen molar-refractivity contribution in [2.75, 3.05) is 11.9 Å². The third kappa shape index (κ3) is 4.78. The molecule has 0 aliphatic carbocycles. The molecule has 1 atom stereocenters. The van der Waals surface area contributed by atoms with E-state index in [4.69, 9.17) is 16.3 Å². The monoisotopic (exact) mass is 271 g/mol. The van der Waals surface area contributed by atoms with Crippen LogP contribution >= 0.6 is 11.6 Å². The maximum absolute atomic E-state index is 5.98. The minimum absolute atomic E-state index is 0.150. The van der Waals surface area contributed by atoms with E-state index in [9.17, 15) is 0 Å². The fourth-order valence-corrected chi connectivity index (χ4v) is 1.44. The van der Waals surface area contributed by atoms with Crippen LogP contribution < -0.4 is 5.32 Å². The Kier molecular flexibility index (Phi) is 5.35. The van der Waals surface area contributed by atoms with E-state index in [1.165, 1.54) is 0 Å². The van der Waals surface area contributed by atoms with Crippen LogP contribution in [0.2, 0.25) is 5.15 Å². The lowest BCUT2D eigenvalue weighted by molar-refractivity contribution is 0.128. The van der Waals surface area contributed by atoms with E-state index in [0.29, 0.717) is 24.2 Å². The topological polar surface area (TPSA) is 47.0 Å². The summed E-state index contributed by atoms with van der Waals surface area (Å²) in [5.74, 6) is 1.35. The number of rotatable bonds is 5. The maximum atomic E-state index is 5.98. The van der Waals surface area contributed by atoms with Gasteiger partial charge in [-0.2, -0.15) is 0 Å². The molecule has 0 amide bonds. The lowest BCUT2D eigenvalue weighted by Crippen LogP contribution is -2.31. The standard InChI is InChI=1S/C13H22ClN3O/c1-6-18-8-12-16-10(14)7-11(17-12)15-9(2)13(3,4)5/h7,9H,6,8H2,1-5H3,(H,15,16,17). The van der Waals surface area contributed by atoms with E-state index >= 15 is 0 Å². The van der Waals surface area contributed by atoms with Crippen molar-refractivity contribution in [1.29, 1.82) is 0 Å². The zero-order valence-electron chi connectivity index (χ0n) is 11.7. The Morgan fingerprint density at radius 2 is 2.06 bits per heavy atom. The minimum Gasteiger partial charge on any atom is -0.374 e. The van der Waals surface area contributed by atoms with Gasteiger partial charge in [0.2, 0.25) is 0 Å². The molecule has 0 spiro atoms. The summed E-state index contributed by atoms with van der Waals surface area (Å²) < 4.78 is 5.29. The highest BCUT2D eigenvalue weighted by Crippen LogP contribution is 2.23. The van der Waals surface area contributed by atoms with Gasteiger partial charge in [-0.1, -0.05) is 32.4 Å². The molecule has 4 nitrogen and oxygen atoms in total. The zero-order valence-corrected chi connectivity index (χ0v) is 12.5. The van der Waals surface area contributed by atoms with Gasteiger partial charge in [-0.3, -0.25) is 0 Å². The Hall–Kier alpha value is -0.870. The van der Waals surface area contributed by atoms with Gasteiger partial charge in [-0.25, -0.2) is 9.97 Å². The Balaban J connectivity index is 2.79. The average Bonchev–Trinajstić information content (AvgIpc) is 2.24. The van der Waals surface area contributed by atoms with Gasteiger partial charge >= 0.3 is 0 Å². The van der Waals surface area contributed by atoms with Crippen molar-refractivity contribution in [1.82, 2.24) is 9.97 Å². The first-order valence-corrected chi connectivity index (χ1v) is 6.58. The van der Waals surface area contributed by atoms with E-state index in [1.54, 1.807) is 6.07 Å². The van der Waals surface area contributed by atoms with Crippen LogP contribution in [0.5, 0.6) is 0 Å². The van der Waals surface area contributed by atoms with Crippen LogP contribution in [0.15, 0.2) is 6.07 Å². The van der Waals surface area contributed by atoms with Crippen molar-refractivity contribution in [2.45, 2.75) is 47.3 Å². The van der Waals surface area contributed by atoms with Gasteiger partial charge in [0.05, 0.1) is 0 Å². The molecular weight excluding hydrogens is 250 g/mol. The van der Waals surface area contributed by atoms with Crippen LogP contribution in [0.25, 0.3) is 0 Å². The molecule has 0 aliphatic heterocycles. The van der Waals surface area contributed by atoms with Crippen molar-refractivity contribution in [2.24, 2.45) is 5.41 Å². The molecule has 18 heavy (non-hydrogen) atoms. The summed E-state index contributed by atoms with van der Waals surface area (Å²) in [6, 6.07) is 2.02. The largest absolute Gasteiger partial charge is 0.374 e. The fourth-order valence-electron chi connectivity index (χ4n) is 1.23. The number of halogens is 1. The summed E-state index contributed by atoms with van der Waals surface area (Å²) in [4.78, 5) is 8.52. The van der Waals surface area contributed by atoms with Gasteiger partial charge in [0.25, 0.3) is 0 Å². The molecule has 5 heteroatoms. The maximum Gasteiger partial charge on any atom is 0.158 e. The number of hydrogen-bond donors (Lipinski definition) is 1. The summed E-state index contributed by atoms with van der Waals surface area (Å²) >= 11 is 5.98. The van der Waals surface area contributed by atoms with E-state index in [1.807, 2.05) is 6.92 Å². The summed E-state index contributed by atoms with van der Waals surface area (Å²) in [6.45, 7) is 11.6. The molecule has 0 bridgehead atoms. The second-order valence-electron chi connectivity index (χ2n) is 5.36. The fraction of sp³-hybridized carbons (Fsp3) is 0.692. The van der Waals surface area contributed by atoms with E-state index in [-0.39, 0.29) is 11.5 Å². The summed E-state index contributed by atoms with van der Waals surface area (Å²) in [5.41, 5.74) is 0.150. The summed E-state index contributed by atoms with van der Waals surface area (Å²) in [7, 11) is 0. The number of anilines is 1. The molecular formula is C13H22ClN3O.